The number of aromatic nitrogens is 2. The van der Waals surface area contributed by atoms with Crippen molar-refractivity contribution in [1.82, 2.24) is 9.97 Å². The second-order valence-electron chi connectivity index (χ2n) is 3.83. The Balaban J connectivity index is 2.10. The average Bonchev–Trinajstić information content (AvgIpc) is 2.81. The lowest BCUT2D eigenvalue weighted by Crippen LogP contribution is -2.05. The Labute approximate surface area is 107 Å². The zero-order valence-electron chi connectivity index (χ0n) is 9.21. The van der Waals surface area contributed by atoms with E-state index in [-0.39, 0.29) is 0 Å². The van der Waals surface area contributed by atoms with Crippen molar-refractivity contribution < 1.29 is 13.2 Å². The van der Waals surface area contributed by atoms with Crippen LogP contribution >= 0.6 is 11.6 Å². The lowest BCUT2D eigenvalue weighted by molar-refractivity contribution is -0.137. The smallest absolute Gasteiger partial charge is 0.349 e. The highest BCUT2D eigenvalue weighted by molar-refractivity contribution is 6.20. The predicted molar refractivity (Wildman–Crippen MR) is 62.3 cm³/mol. The summed E-state index contributed by atoms with van der Waals surface area (Å²) in [5, 5.41) is -0.404. The Morgan fingerprint density at radius 1 is 1.22 bits per heavy atom. The van der Waals surface area contributed by atoms with E-state index in [4.69, 9.17) is 11.6 Å². The molecule has 0 fully saturated rings. The first-order valence-electron chi connectivity index (χ1n) is 5.26. The Kier molecular flexibility index (Phi) is 3.61. The molecule has 2 rings (SSSR count). The first-order chi connectivity index (χ1) is 8.47. The molecule has 0 aliphatic carbocycles. The van der Waals surface area contributed by atoms with Crippen molar-refractivity contribution in [3.63, 3.8) is 0 Å². The van der Waals surface area contributed by atoms with E-state index >= 15 is 0 Å². The molecular formula is C12H10ClF3N2. The van der Waals surface area contributed by atoms with Crippen molar-refractivity contribution in [2.24, 2.45) is 0 Å². The zero-order chi connectivity index (χ0) is 13.2. The molecule has 0 amide bonds. The molecule has 0 bridgehead atoms. The van der Waals surface area contributed by atoms with Crippen LogP contribution in [0.25, 0.3) is 0 Å². The Bertz CT molecular complexity index is 491. The molecule has 1 unspecified atom stereocenters. The number of imidazole rings is 1. The van der Waals surface area contributed by atoms with Gasteiger partial charge in [-0.25, -0.2) is 4.98 Å². The van der Waals surface area contributed by atoms with Gasteiger partial charge in [-0.3, -0.25) is 0 Å². The highest BCUT2D eigenvalue weighted by Crippen LogP contribution is 2.31. The molecule has 0 spiro atoms. The fraction of sp³-hybridized carbons (Fsp3) is 0.250. The van der Waals surface area contributed by atoms with E-state index in [0.29, 0.717) is 17.8 Å². The Morgan fingerprint density at radius 2 is 1.89 bits per heavy atom. The van der Waals surface area contributed by atoms with Crippen LogP contribution in [-0.2, 0) is 12.6 Å². The van der Waals surface area contributed by atoms with Gasteiger partial charge in [-0.05, 0) is 17.7 Å². The quantitative estimate of drug-likeness (QED) is 0.844. The fourth-order valence-electron chi connectivity index (χ4n) is 1.58. The monoisotopic (exact) mass is 274 g/mol. The summed E-state index contributed by atoms with van der Waals surface area (Å²) in [6.07, 6.45) is -0.599. The normalized spacial score (nSPS) is 13.6. The number of aromatic amines is 1. The summed E-state index contributed by atoms with van der Waals surface area (Å²) in [4.78, 5) is 6.92. The van der Waals surface area contributed by atoms with Crippen molar-refractivity contribution in [2.45, 2.75) is 18.0 Å². The molecule has 18 heavy (non-hydrogen) atoms. The molecule has 1 heterocycles. The third-order valence-electron chi connectivity index (χ3n) is 2.53. The van der Waals surface area contributed by atoms with Gasteiger partial charge in [0.2, 0.25) is 0 Å². The maximum Gasteiger partial charge on any atom is 0.416 e. The molecule has 0 radical (unpaired) electrons. The molecule has 0 aliphatic rings. The number of halogens is 4. The minimum atomic E-state index is -4.32. The molecule has 1 aromatic carbocycles. The highest BCUT2D eigenvalue weighted by Gasteiger charge is 2.30. The molecule has 2 aromatic rings. The van der Waals surface area contributed by atoms with Gasteiger partial charge in [0.15, 0.2) is 0 Å². The van der Waals surface area contributed by atoms with Crippen molar-refractivity contribution in [2.75, 3.05) is 0 Å². The van der Waals surface area contributed by atoms with Gasteiger partial charge in [-0.1, -0.05) is 12.1 Å². The molecule has 0 saturated carbocycles. The van der Waals surface area contributed by atoms with Gasteiger partial charge in [0, 0.05) is 18.8 Å². The van der Waals surface area contributed by atoms with Crippen LogP contribution in [0.5, 0.6) is 0 Å². The second-order valence-corrected chi connectivity index (χ2v) is 4.35. The summed E-state index contributed by atoms with van der Waals surface area (Å²) in [5.41, 5.74) is -0.0332. The van der Waals surface area contributed by atoms with Gasteiger partial charge < -0.3 is 4.98 Å². The Hall–Kier alpha value is -1.49. The molecule has 1 atom stereocenters. The number of nitrogens with zero attached hydrogens (tertiary/aromatic N) is 1. The van der Waals surface area contributed by atoms with Crippen molar-refractivity contribution in [3.8, 4) is 0 Å². The van der Waals surface area contributed by atoms with Crippen LogP contribution < -0.4 is 0 Å². The maximum atomic E-state index is 12.4. The summed E-state index contributed by atoms with van der Waals surface area (Å²) in [5.74, 6) is 0.704. The summed E-state index contributed by atoms with van der Waals surface area (Å²) in [6, 6.07) is 4.85. The summed E-state index contributed by atoms with van der Waals surface area (Å²) in [7, 11) is 0. The minimum Gasteiger partial charge on any atom is -0.349 e. The van der Waals surface area contributed by atoms with E-state index in [0.717, 1.165) is 12.1 Å². The van der Waals surface area contributed by atoms with Gasteiger partial charge in [0.25, 0.3) is 0 Å². The molecule has 0 aliphatic heterocycles. The fourth-order valence-corrected chi connectivity index (χ4v) is 1.87. The lowest BCUT2D eigenvalue weighted by atomic mass is 10.1. The topological polar surface area (TPSA) is 28.7 Å². The molecule has 0 saturated heterocycles. The minimum absolute atomic E-state index is 0.404. The van der Waals surface area contributed by atoms with Gasteiger partial charge in [0.05, 0.1) is 10.9 Å². The van der Waals surface area contributed by atoms with Gasteiger partial charge >= 0.3 is 6.18 Å². The Morgan fingerprint density at radius 3 is 2.39 bits per heavy atom. The summed E-state index contributed by atoms with van der Waals surface area (Å²) < 4.78 is 37.1. The molecule has 1 aromatic heterocycles. The van der Waals surface area contributed by atoms with Crippen molar-refractivity contribution in [3.05, 3.63) is 53.6 Å². The third kappa shape index (κ3) is 3.04. The predicted octanol–water partition coefficient (Wildman–Crippen LogP) is 3.95. The van der Waals surface area contributed by atoms with Crippen LogP contribution in [0.4, 0.5) is 13.2 Å². The van der Waals surface area contributed by atoms with Gasteiger partial charge in [-0.2, -0.15) is 13.2 Å². The van der Waals surface area contributed by atoms with Crippen LogP contribution in [0.3, 0.4) is 0 Å². The number of hydrogen-bond acceptors (Lipinski definition) is 1. The molecule has 2 nitrogen and oxygen atoms in total. The summed E-state index contributed by atoms with van der Waals surface area (Å²) in [6.45, 7) is 0. The molecular weight excluding hydrogens is 265 g/mol. The second kappa shape index (κ2) is 5.02. The largest absolute Gasteiger partial charge is 0.416 e. The van der Waals surface area contributed by atoms with Crippen LogP contribution in [0.15, 0.2) is 36.7 Å². The van der Waals surface area contributed by atoms with E-state index in [9.17, 15) is 13.2 Å². The highest BCUT2D eigenvalue weighted by atomic mass is 35.5. The van der Waals surface area contributed by atoms with Crippen LogP contribution in [0, 0.1) is 0 Å². The zero-order valence-corrected chi connectivity index (χ0v) is 9.96. The first kappa shape index (κ1) is 13.0. The third-order valence-corrected chi connectivity index (χ3v) is 2.93. The lowest BCUT2D eigenvalue weighted by Gasteiger charge is -2.10. The molecule has 1 N–H and O–H groups in total. The summed E-state index contributed by atoms with van der Waals surface area (Å²) >= 11 is 6.12. The van der Waals surface area contributed by atoms with Crippen LogP contribution in [0.1, 0.15) is 22.3 Å². The molecule has 96 valence electrons. The first-order valence-corrected chi connectivity index (χ1v) is 5.70. The SMILES string of the molecule is FC(F)(F)c1ccc(C(Cl)Cc2ncc[nH]2)cc1. The van der Waals surface area contributed by atoms with E-state index in [1.54, 1.807) is 12.4 Å². The van der Waals surface area contributed by atoms with Crippen molar-refractivity contribution >= 4 is 11.6 Å². The van der Waals surface area contributed by atoms with E-state index in [1.165, 1.54) is 12.1 Å². The number of H-pyrrole nitrogens is 1. The van der Waals surface area contributed by atoms with Crippen LogP contribution in [-0.4, -0.2) is 9.97 Å². The van der Waals surface area contributed by atoms with Crippen molar-refractivity contribution in [1.29, 1.82) is 0 Å². The number of alkyl halides is 4. The van der Waals surface area contributed by atoms with Crippen LogP contribution in [0.2, 0.25) is 0 Å². The number of rotatable bonds is 3. The number of nitrogens with one attached hydrogen (secondary N) is 1. The molecule has 6 heteroatoms. The van der Waals surface area contributed by atoms with E-state index in [1.807, 2.05) is 0 Å². The maximum absolute atomic E-state index is 12.4. The average molecular weight is 275 g/mol. The van der Waals surface area contributed by atoms with E-state index in [2.05, 4.69) is 9.97 Å². The van der Waals surface area contributed by atoms with Gasteiger partial charge in [0.1, 0.15) is 5.82 Å². The standard InChI is InChI=1S/C12H10ClF3N2/c13-10(7-11-17-5-6-18-11)8-1-3-9(4-2-8)12(14,15)16/h1-6,10H,7H2,(H,17,18). The number of hydrogen-bond donors (Lipinski definition) is 1. The van der Waals surface area contributed by atoms with E-state index < -0.39 is 17.1 Å². The number of benzene rings is 1. The van der Waals surface area contributed by atoms with Gasteiger partial charge in [-0.15, -0.1) is 11.6 Å².